The molecular formula is C21H14N4O4. The van der Waals surface area contributed by atoms with E-state index in [-0.39, 0.29) is 11.5 Å². The van der Waals surface area contributed by atoms with Gasteiger partial charge in [-0.05, 0) is 28.0 Å². The van der Waals surface area contributed by atoms with Crippen LogP contribution in [0.15, 0.2) is 70.3 Å². The number of nitro benzene ring substituents is 1. The SMILES string of the molecule is O=c1[nH]c2c(c(=O)[nH]1)C(c1cccc([N+](=O)[O-])c1)c1c(ccc3ccccc13)N2. The highest BCUT2D eigenvalue weighted by Gasteiger charge is 2.32. The van der Waals surface area contributed by atoms with E-state index >= 15 is 0 Å². The molecule has 1 unspecified atom stereocenters. The molecule has 4 aromatic rings. The smallest absolute Gasteiger partial charge is 0.327 e. The van der Waals surface area contributed by atoms with E-state index in [1.165, 1.54) is 12.1 Å². The van der Waals surface area contributed by atoms with Gasteiger partial charge in [-0.3, -0.25) is 24.9 Å². The van der Waals surface area contributed by atoms with Gasteiger partial charge >= 0.3 is 5.69 Å². The topological polar surface area (TPSA) is 121 Å². The zero-order valence-corrected chi connectivity index (χ0v) is 14.9. The summed E-state index contributed by atoms with van der Waals surface area (Å²) >= 11 is 0. The van der Waals surface area contributed by atoms with Crippen molar-refractivity contribution in [2.45, 2.75) is 5.92 Å². The number of H-pyrrole nitrogens is 2. The van der Waals surface area contributed by atoms with Crippen LogP contribution >= 0.6 is 0 Å². The van der Waals surface area contributed by atoms with Crippen molar-refractivity contribution >= 4 is 28.0 Å². The van der Waals surface area contributed by atoms with Crippen molar-refractivity contribution in [2.24, 2.45) is 0 Å². The number of anilines is 2. The summed E-state index contributed by atoms with van der Waals surface area (Å²) in [5.74, 6) is -0.300. The molecule has 0 bridgehead atoms. The number of nitro groups is 1. The monoisotopic (exact) mass is 386 g/mol. The summed E-state index contributed by atoms with van der Waals surface area (Å²) in [5, 5.41) is 16.4. The largest absolute Gasteiger partial charge is 0.341 e. The molecule has 0 saturated heterocycles. The molecule has 2 heterocycles. The van der Waals surface area contributed by atoms with Crippen molar-refractivity contribution in [2.75, 3.05) is 5.32 Å². The number of hydrogen-bond donors (Lipinski definition) is 3. The molecule has 1 aliphatic heterocycles. The van der Waals surface area contributed by atoms with Crippen molar-refractivity contribution in [3.05, 3.63) is 108 Å². The fraction of sp³-hybridized carbons (Fsp3) is 0.0476. The maximum atomic E-state index is 12.8. The van der Waals surface area contributed by atoms with Crippen LogP contribution in [0, 0.1) is 10.1 Å². The Hall–Kier alpha value is -4.20. The predicted octanol–water partition coefficient (Wildman–Crippen LogP) is 3.36. The average Bonchev–Trinajstić information content (AvgIpc) is 2.72. The van der Waals surface area contributed by atoms with E-state index in [9.17, 15) is 19.7 Å². The van der Waals surface area contributed by atoms with Crippen molar-refractivity contribution in [1.29, 1.82) is 0 Å². The second kappa shape index (κ2) is 6.16. The van der Waals surface area contributed by atoms with Crippen molar-refractivity contribution < 1.29 is 4.92 Å². The number of aromatic amines is 2. The molecule has 1 aliphatic rings. The Labute approximate surface area is 163 Å². The summed E-state index contributed by atoms with van der Waals surface area (Å²) in [5.41, 5.74) is 1.24. The van der Waals surface area contributed by atoms with Gasteiger partial charge in [0.25, 0.3) is 11.2 Å². The van der Waals surface area contributed by atoms with E-state index in [4.69, 9.17) is 0 Å². The van der Waals surface area contributed by atoms with Gasteiger partial charge in [0.2, 0.25) is 0 Å². The molecule has 29 heavy (non-hydrogen) atoms. The first kappa shape index (κ1) is 16.9. The van der Waals surface area contributed by atoms with Gasteiger partial charge in [0.1, 0.15) is 5.82 Å². The van der Waals surface area contributed by atoms with Crippen LogP contribution in [0.3, 0.4) is 0 Å². The number of nitrogens with zero attached hydrogens (tertiary/aromatic N) is 1. The van der Waals surface area contributed by atoms with E-state index in [1.54, 1.807) is 12.1 Å². The molecule has 8 heteroatoms. The minimum absolute atomic E-state index is 0.0646. The van der Waals surface area contributed by atoms with Crippen LogP contribution in [0.4, 0.5) is 17.2 Å². The molecule has 8 nitrogen and oxygen atoms in total. The number of fused-ring (bicyclic) bond motifs is 4. The number of hydrogen-bond acceptors (Lipinski definition) is 5. The first-order valence-corrected chi connectivity index (χ1v) is 8.92. The highest BCUT2D eigenvalue weighted by molar-refractivity contribution is 5.94. The zero-order chi connectivity index (χ0) is 20.1. The molecule has 0 aliphatic carbocycles. The van der Waals surface area contributed by atoms with Gasteiger partial charge in [-0.2, -0.15) is 0 Å². The van der Waals surface area contributed by atoms with Crippen LogP contribution in [0.2, 0.25) is 0 Å². The Morgan fingerprint density at radius 3 is 2.55 bits per heavy atom. The fourth-order valence-electron chi connectivity index (χ4n) is 4.02. The van der Waals surface area contributed by atoms with Crippen LogP contribution in [-0.2, 0) is 0 Å². The lowest BCUT2D eigenvalue weighted by atomic mass is 9.80. The van der Waals surface area contributed by atoms with Gasteiger partial charge in [-0.25, -0.2) is 4.79 Å². The molecular weight excluding hydrogens is 372 g/mol. The van der Waals surface area contributed by atoms with Gasteiger partial charge in [0.05, 0.1) is 10.5 Å². The summed E-state index contributed by atoms with van der Waals surface area (Å²) in [7, 11) is 0. The lowest BCUT2D eigenvalue weighted by Crippen LogP contribution is -2.32. The van der Waals surface area contributed by atoms with Crippen LogP contribution in [0.25, 0.3) is 10.8 Å². The van der Waals surface area contributed by atoms with Gasteiger partial charge in [-0.15, -0.1) is 0 Å². The van der Waals surface area contributed by atoms with Crippen molar-refractivity contribution in [3.8, 4) is 0 Å². The lowest BCUT2D eigenvalue weighted by Gasteiger charge is -2.29. The zero-order valence-electron chi connectivity index (χ0n) is 14.9. The second-order valence-corrected chi connectivity index (χ2v) is 6.85. The molecule has 1 atom stereocenters. The standard InChI is InChI=1S/C21H14N4O4/c26-20-18-16(12-5-3-6-13(10-12)25(28)29)17-14-7-2-1-4-11(14)8-9-15(17)22-19(18)23-21(27)24-20/h1-10,16H,(H3,22,23,24,26,27). The van der Waals surface area contributed by atoms with E-state index in [2.05, 4.69) is 15.3 Å². The molecule has 0 radical (unpaired) electrons. The normalized spacial score (nSPS) is 14.7. The van der Waals surface area contributed by atoms with Crippen LogP contribution in [0.5, 0.6) is 0 Å². The van der Waals surface area contributed by atoms with E-state index in [0.29, 0.717) is 11.1 Å². The molecule has 5 rings (SSSR count). The molecule has 0 spiro atoms. The molecule has 0 saturated carbocycles. The summed E-state index contributed by atoms with van der Waals surface area (Å²) in [6, 6.07) is 17.8. The Morgan fingerprint density at radius 2 is 1.72 bits per heavy atom. The third kappa shape index (κ3) is 2.61. The number of benzene rings is 3. The number of non-ortho nitro benzene ring substituents is 1. The minimum atomic E-state index is -0.622. The van der Waals surface area contributed by atoms with Crippen LogP contribution in [-0.4, -0.2) is 14.9 Å². The second-order valence-electron chi connectivity index (χ2n) is 6.85. The Balaban J connectivity index is 1.89. The third-order valence-corrected chi connectivity index (χ3v) is 5.20. The van der Waals surface area contributed by atoms with E-state index < -0.39 is 22.1 Å². The quantitative estimate of drug-likeness (QED) is 0.317. The highest BCUT2D eigenvalue weighted by atomic mass is 16.6. The summed E-state index contributed by atoms with van der Waals surface area (Å²) in [6.07, 6.45) is 0. The van der Waals surface area contributed by atoms with Crippen LogP contribution in [0.1, 0.15) is 22.6 Å². The van der Waals surface area contributed by atoms with Gasteiger partial charge in [0.15, 0.2) is 0 Å². The van der Waals surface area contributed by atoms with Crippen LogP contribution < -0.4 is 16.6 Å². The molecule has 3 aromatic carbocycles. The summed E-state index contributed by atoms with van der Waals surface area (Å²) in [4.78, 5) is 40.4. The number of aromatic nitrogens is 2. The first-order chi connectivity index (χ1) is 14.0. The Morgan fingerprint density at radius 1 is 0.897 bits per heavy atom. The Kier molecular flexibility index (Phi) is 3.60. The summed E-state index contributed by atoms with van der Waals surface area (Å²) in [6.45, 7) is 0. The van der Waals surface area contributed by atoms with E-state index in [1.807, 2.05) is 36.4 Å². The maximum absolute atomic E-state index is 12.8. The highest BCUT2D eigenvalue weighted by Crippen LogP contribution is 2.45. The van der Waals surface area contributed by atoms with Gasteiger partial charge in [0, 0.05) is 23.7 Å². The molecule has 0 fully saturated rings. The molecule has 1 aromatic heterocycles. The van der Waals surface area contributed by atoms with Gasteiger partial charge in [-0.1, -0.05) is 42.5 Å². The molecule has 3 N–H and O–H groups in total. The number of rotatable bonds is 2. The number of nitrogens with one attached hydrogen (secondary N) is 3. The average molecular weight is 386 g/mol. The third-order valence-electron chi connectivity index (χ3n) is 5.20. The maximum Gasteiger partial charge on any atom is 0.327 e. The van der Waals surface area contributed by atoms with Crippen molar-refractivity contribution in [3.63, 3.8) is 0 Å². The predicted molar refractivity (Wildman–Crippen MR) is 109 cm³/mol. The fourth-order valence-corrected chi connectivity index (χ4v) is 4.02. The Bertz CT molecular complexity index is 1420. The molecule has 142 valence electrons. The van der Waals surface area contributed by atoms with E-state index in [0.717, 1.165) is 22.0 Å². The summed E-state index contributed by atoms with van der Waals surface area (Å²) < 4.78 is 0. The minimum Gasteiger partial charge on any atom is -0.341 e. The first-order valence-electron chi connectivity index (χ1n) is 8.92. The van der Waals surface area contributed by atoms with Crippen molar-refractivity contribution in [1.82, 2.24) is 9.97 Å². The lowest BCUT2D eigenvalue weighted by molar-refractivity contribution is -0.384. The van der Waals surface area contributed by atoms with Gasteiger partial charge < -0.3 is 5.32 Å². The molecule has 0 amide bonds.